The minimum Gasteiger partial charge on any atom is -0.490 e. The SMILES string of the molecule is CC(C)Oc1ccccc1OCCCCCCn1c(-c2ccc(Cl)cc2)nc2ccccc2c1=O. The molecule has 5 nitrogen and oxygen atoms in total. The van der Waals surface area contributed by atoms with E-state index < -0.39 is 0 Å². The highest BCUT2D eigenvalue weighted by atomic mass is 35.5. The van der Waals surface area contributed by atoms with Crippen LogP contribution in [-0.2, 0) is 6.54 Å². The highest BCUT2D eigenvalue weighted by Gasteiger charge is 2.13. The fourth-order valence-corrected chi connectivity index (χ4v) is 4.15. The van der Waals surface area contributed by atoms with Gasteiger partial charge < -0.3 is 9.47 Å². The van der Waals surface area contributed by atoms with Crippen LogP contribution in [-0.4, -0.2) is 22.3 Å². The molecule has 0 spiro atoms. The molecule has 0 saturated heterocycles. The zero-order valence-electron chi connectivity index (χ0n) is 20.2. The fourth-order valence-electron chi connectivity index (χ4n) is 4.02. The number of unbranched alkanes of at least 4 members (excludes halogenated alkanes) is 3. The lowest BCUT2D eigenvalue weighted by Crippen LogP contribution is -2.23. The summed E-state index contributed by atoms with van der Waals surface area (Å²) in [6.07, 6.45) is 3.93. The highest BCUT2D eigenvalue weighted by Crippen LogP contribution is 2.27. The zero-order chi connectivity index (χ0) is 24.6. The average molecular weight is 491 g/mol. The molecule has 0 aliphatic rings. The normalized spacial score (nSPS) is 11.2. The Morgan fingerprint density at radius 1 is 0.857 bits per heavy atom. The largest absolute Gasteiger partial charge is 0.490 e. The maximum Gasteiger partial charge on any atom is 0.261 e. The molecular formula is C29H31ClN2O3. The molecule has 0 amide bonds. The Labute approximate surface area is 211 Å². The number of para-hydroxylation sites is 3. The molecule has 0 atom stereocenters. The number of fused-ring (bicyclic) bond motifs is 1. The van der Waals surface area contributed by atoms with Gasteiger partial charge in [0.25, 0.3) is 5.56 Å². The fraction of sp³-hybridized carbons (Fsp3) is 0.310. The first-order valence-corrected chi connectivity index (χ1v) is 12.5. The Hall–Kier alpha value is -3.31. The van der Waals surface area contributed by atoms with E-state index in [0.717, 1.165) is 42.7 Å². The maximum absolute atomic E-state index is 13.3. The molecule has 4 aromatic rings. The number of hydrogen-bond acceptors (Lipinski definition) is 4. The van der Waals surface area contributed by atoms with Crippen molar-refractivity contribution in [2.75, 3.05) is 6.61 Å². The van der Waals surface area contributed by atoms with E-state index >= 15 is 0 Å². The highest BCUT2D eigenvalue weighted by molar-refractivity contribution is 6.30. The summed E-state index contributed by atoms with van der Waals surface area (Å²) in [5, 5.41) is 1.30. The molecule has 0 radical (unpaired) electrons. The van der Waals surface area contributed by atoms with Gasteiger partial charge in [-0.1, -0.05) is 48.7 Å². The smallest absolute Gasteiger partial charge is 0.261 e. The second-order valence-electron chi connectivity index (χ2n) is 8.79. The summed E-state index contributed by atoms with van der Waals surface area (Å²) in [5.41, 5.74) is 1.58. The average Bonchev–Trinajstić information content (AvgIpc) is 2.85. The lowest BCUT2D eigenvalue weighted by atomic mass is 10.1. The van der Waals surface area contributed by atoms with E-state index in [-0.39, 0.29) is 11.7 Å². The number of nitrogens with zero attached hydrogens (tertiary/aromatic N) is 2. The van der Waals surface area contributed by atoms with Crippen molar-refractivity contribution in [3.8, 4) is 22.9 Å². The van der Waals surface area contributed by atoms with Crippen molar-refractivity contribution in [2.45, 2.75) is 52.2 Å². The molecule has 0 unspecified atom stereocenters. The van der Waals surface area contributed by atoms with Crippen LogP contribution < -0.4 is 15.0 Å². The summed E-state index contributed by atoms with van der Waals surface area (Å²) >= 11 is 6.07. The van der Waals surface area contributed by atoms with Crippen LogP contribution in [0.3, 0.4) is 0 Å². The summed E-state index contributed by atoms with van der Waals surface area (Å²) in [6, 6.07) is 22.7. The van der Waals surface area contributed by atoms with Gasteiger partial charge in [0.1, 0.15) is 5.82 Å². The van der Waals surface area contributed by atoms with Gasteiger partial charge in [0.2, 0.25) is 0 Å². The third-order valence-corrected chi connectivity index (χ3v) is 5.96. The van der Waals surface area contributed by atoms with Crippen LogP contribution in [0.4, 0.5) is 0 Å². The topological polar surface area (TPSA) is 53.4 Å². The van der Waals surface area contributed by atoms with E-state index in [1.807, 2.05) is 86.6 Å². The molecule has 0 saturated carbocycles. The minimum atomic E-state index is -0.00866. The first kappa shape index (κ1) is 24.8. The summed E-state index contributed by atoms with van der Waals surface area (Å²) in [5.74, 6) is 2.23. The van der Waals surface area contributed by atoms with Crippen LogP contribution in [0.1, 0.15) is 39.5 Å². The summed E-state index contributed by atoms with van der Waals surface area (Å²) in [4.78, 5) is 18.1. The Morgan fingerprint density at radius 3 is 2.31 bits per heavy atom. The number of aromatic nitrogens is 2. The molecule has 3 aromatic carbocycles. The molecule has 0 bridgehead atoms. The summed E-state index contributed by atoms with van der Waals surface area (Å²) < 4.78 is 13.6. The van der Waals surface area contributed by atoms with Gasteiger partial charge in [-0.25, -0.2) is 4.98 Å². The van der Waals surface area contributed by atoms with Gasteiger partial charge in [-0.15, -0.1) is 0 Å². The van der Waals surface area contributed by atoms with Crippen molar-refractivity contribution < 1.29 is 9.47 Å². The number of rotatable bonds is 11. The standard InChI is InChI=1S/C29H31ClN2O3/c1-21(2)35-27-14-8-7-13-26(27)34-20-10-4-3-9-19-32-28(22-15-17-23(30)18-16-22)31-25-12-6-5-11-24(25)29(32)33/h5-8,11-18,21H,3-4,9-10,19-20H2,1-2H3. The van der Waals surface area contributed by atoms with E-state index in [2.05, 4.69) is 0 Å². The van der Waals surface area contributed by atoms with Crippen molar-refractivity contribution in [3.63, 3.8) is 0 Å². The first-order valence-electron chi connectivity index (χ1n) is 12.2. The van der Waals surface area contributed by atoms with E-state index in [1.54, 1.807) is 4.57 Å². The maximum atomic E-state index is 13.3. The van der Waals surface area contributed by atoms with Crippen LogP contribution in [0.5, 0.6) is 11.5 Å². The molecule has 0 aliphatic carbocycles. The van der Waals surface area contributed by atoms with Gasteiger partial charge in [0.05, 0.1) is 23.6 Å². The third-order valence-electron chi connectivity index (χ3n) is 5.71. The number of ether oxygens (including phenoxy) is 2. The lowest BCUT2D eigenvalue weighted by Gasteiger charge is -2.15. The van der Waals surface area contributed by atoms with Gasteiger partial charge in [-0.2, -0.15) is 0 Å². The molecular weight excluding hydrogens is 460 g/mol. The van der Waals surface area contributed by atoms with Gasteiger partial charge in [-0.3, -0.25) is 9.36 Å². The van der Waals surface area contributed by atoms with Crippen molar-refractivity contribution >= 4 is 22.5 Å². The van der Waals surface area contributed by atoms with Crippen LogP contribution in [0.15, 0.2) is 77.6 Å². The van der Waals surface area contributed by atoms with Gasteiger partial charge in [-0.05, 0) is 75.2 Å². The van der Waals surface area contributed by atoms with Gasteiger partial charge in [0.15, 0.2) is 11.5 Å². The molecule has 0 N–H and O–H groups in total. The van der Waals surface area contributed by atoms with Crippen LogP contribution in [0.25, 0.3) is 22.3 Å². The first-order chi connectivity index (χ1) is 17.0. The zero-order valence-corrected chi connectivity index (χ0v) is 21.0. The molecule has 1 aromatic heterocycles. The number of hydrogen-bond donors (Lipinski definition) is 0. The second kappa shape index (κ2) is 11.9. The van der Waals surface area contributed by atoms with Crippen molar-refractivity contribution in [1.29, 1.82) is 0 Å². The van der Waals surface area contributed by atoms with Gasteiger partial charge in [0, 0.05) is 17.1 Å². The van der Waals surface area contributed by atoms with Crippen LogP contribution in [0, 0.1) is 0 Å². The third kappa shape index (κ3) is 6.43. The van der Waals surface area contributed by atoms with Crippen LogP contribution >= 0.6 is 11.6 Å². The van der Waals surface area contributed by atoms with E-state index in [4.69, 9.17) is 26.1 Å². The lowest BCUT2D eigenvalue weighted by molar-refractivity contribution is 0.219. The van der Waals surface area contributed by atoms with E-state index in [1.165, 1.54) is 0 Å². The number of halogens is 1. The summed E-state index contributed by atoms with van der Waals surface area (Å²) in [7, 11) is 0. The molecule has 1 heterocycles. The predicted molar refractivity (Wildman–Crippen MR) is 143 cm³/mol. The Bertz CT molecular complexity index is 1320. The van der Waals surface area contributed by atoms with Crippen molar-refractivity contribution in [2.24, 2.45) is 0 Å². The predicted octanol–water partition coefficient (Wildman–Crippen LogP) is 7.14. The molecule has 4 rings (SSSR count). The van der Waals surface area contributed by atoms with Crippen molar-refractivity contribution in [1.82, 2.24) is 9.55 Å². The van der Waals surface area contributed by atoms with Gasteiger partial charge >= 0.3 is 0 Å². The van der Waals surface area contributed by atoms with Crippen LogP contribution in [0.2, 0.25) is 5.02 Å². The quantitative estimate of drug-likeness (QED) is 0.209. The molecule has 182 valence electrons. The molecule has 0 fully saturated rings. The Morgan fingerprint density at radius 2 is 1.54 bits per heavy atom. The Balaban J connectivity index is 1.36. The molecule has 6 heteroatoms. The van der Waals surface area contributed by atoms with E-state index in [9.17, 15) is 4.79 Å². The minimum absolute atomic E-state index is 0.00866. The Kier molecular flexibility index (Phi) is 8.43. The molecule has 35 heavy (non-hydrogen) atoms. The monoisotopic (exact) mass is 490 g/mol. The molecule has 0 aliphatic heterocycles. The summed E-state index contributed by atoms with van der Waals surface area (Å²) in [6.45, 7) is 5.25. The van der Waals surface area contributed by atoms with Crippen molar-refractivity contribution in [3.05, 3.63) is 88.2 Å². The number of benzene rings is 3. The second-order valence-corrected chi connectivity index (χ2v) is 9.23. The van der Waals surface area contributed by atoms with E-state index in [0.29, 0.717) is 34.9 Å².